The fourth-order valence-electron chi connectivity index (χ4n) is 5.22. The van der Waals surface area contributed by atoms with Gasteiger partial charge in [0.1, 0.15) is 23.8 Å². The number of carbonyl (C=O) groups is 1. The highest BCUT2D eigenvalue weighted by molar-refractivity contribution is 5.88. The molecule has 2 aliphatic carbocycles. The van der Waals surface area contributed by atoms with E-state index < -0.39 is 11.8 Å². The Balaban J connectivity index is 1.16. The maximum Gasteiger partial charge on any atom is 0.354 e. The van der Waals surface area contributed by atoms with E-state index in [0.717, 1.165) is 54.7 Å². The molecule has 0 amide bonds. The Bertz CT molecular complexity index is 1720. The van der Waals surface area contributed by atoms with E-state index in [1.807, 2.05) is 13.0 Å². The molecular formula is C31H29FN6O3. The van der Waals surface area contributed by atoms with E-state index >= 15 is 0 Å². The average molecular weight is 553 g/mol. The molecule has 3 heterocycles. The second-order valence-electron chi connectivity index (χ2n) is 10.9. The topological polar surface area (TPSA) is 127 Å². The molecule has 9 nitrogen and oxygen atoms in total. The summed E-state index contributed by atoms with van der Waals surface area (Å²) in [5, 5.41) is 18.4. The van der Waals surface area contributed by atoms with Crippen molar-refractivity contribution >= 4 is 22.7 Å². The Morgan fingerprint density at radius 3 is 2.73 bits per heavy atom. The van der Waals surface area contributed by atoms with Crippen LogP contribution in [0.5, 0.6) is 5.88 Å². The van der Waals surface area contributed by atoms with Crippen LogP contribution in [0.25, 0.3) is 16.7 Å². The zero-order valence-corrected chi connectivity index (χ0v) is 22.7. The lowest BCUT2D eigenvalue weighted by molar-refractivity contribution is 0.0691. The number of rotatable bonds is 9. The molecule has 1 saturated carbocycles. The van der Waals surface area contributed by atoms with Crippen molar-refractivity contribution in [3.05, 3.63) is 82.5 Å². The van der Waals surface area contributed by atoms with Crippen molar-refractivity contribution < 1.29 is 19.0 Å². The van der Waals surface area contributed by atoms with Crippen molar-refractivity contribution in [3.63, 3.8) is 0 Å². The van der Waals surface area contributed by atoms with Gasteiger partial charge in [-0.15, -0.1) is 0 Å². The molecule has 0 spiro atoms. The van der Waals surface area contributed by atoms with Crippen LogP contribution in [0.15, 0.2) is 42.6 Å². The predicted octanol–water partition coefficient (Wildman–Crippen LogP) is 5.65. The summed E-state index contributed by atoms with van der Waals surface area (Å²) in [6, 6.07) is 9.51. The largest absolute Gasteiger partial charge is 0.477 e. The molecule has 41 heavy (non-hydrogen) atoms. The number of carboxylic acid groups (broad SMARTS) is 1. The first kappa shape index (κ1) is 26.6. The molecule has 6 rings (SSSR count). The maximum absolute atomic E-state index is 14.3. The zero-order valence-electron chi connectivity index (χ0n) is 22.7. The third kappa shape index (κ3) is 5.80. The number of aryl methyl sites for hydroxylation is 1. The first-order valence-electron chi connectivity index (χ1n) is 13.8. The Kier molecular flexibility index (Phi) is 7.18. The minimum atomic E-state index is -1.04. The number of halogens is 1. The predicted molar refractivity (Wildman–Crippen MR) is 148 cm³/mol. The Labute approximate surface area is 236 Å². The van der Waals surface area contributed by atoms with Gasteiger partial charge in [-0.25, -0.2) is 24.1 Å². The number of benzene rings is 1. The van der Waals surface area contributed by atoms with Crippen molar-refractivity contribution in [2.24, 2.45) is 11.8 Å². The Morgan fingerprint density at radius 1 is 1.17 bits per heavy atom. The van der Waals surface area contributed by atoms with Crippen LogP contribution in [0.3, 0.4) is 0 Å². The molecule has 1 unspecified atom stereocenters. The number of ether oxygens (including phenoxy) is 1. The van der Waals surface area contributed by atoms with Gasteiger partial charge >= 0.3 is 5.97 Å². The Morgan fingerprint density at radius 2 is 2.02 bits per heavy atom. The van der Waals surface area contributed by atoms with Gasteiger partial charge in [0, 0.05) is 30.3 Å². The van der Waals surface area contributed by atoms with Gasteiger partial charge in [0.15, 0.2) is 17.2 Å². The summed E-state index contributed by atoms with van der Waals surface area (Å²) in [6.45, 7) is 2.67. The summed E-state index contributed by atoms with van der Waals surface area (Å²) >= 11 is 0. The van der Waals surface area contributed by atoms with Gasteiger partial charge in [0.05, 0.1) is 11.6 Å². The number of fused-ring (bicyclic) bond motifs is 1. The van der Waals surface area contributed by atoms with Crippen LogP contribution in [0.4, 0.5) is 4.39 Å². The number of pyridine rings is 1. The second kappa shape index (κ2) is 11.1. The van der Waals surface area contributed by atoms with Crippen LogP contribution in [-0.2, 0) is 19.6 Å². The SMILES string of the molecule is Cc1cnc(C2=CCC(Cc3nc4ccc(C(=O)O)nc4n3CC3CC3)CC2)nc1OCc1ccc(C#N)cc1F. The average Bonchev–Trinajstić information content (AvgIpc) is 3.74. The van der Waals surface area contributed by atoms with Crippen molar-refractivity contribution in [2.45, 2.75) is 58.6 Å². The molecule has 1 atom stereocenters. The number of nitrogens with zero attached hydrogens (tertiary/aromatic N) is 6. The van der Waals surface area contributed by atoms with Gasteiger partial charge in [-0.2, -0.15) is 10.2 Å². The van der Waals surface area contributed by atoms with E-state index in [-0.39, 0.29) is 17.9 Å². The second-order valence-corrected chi connectivity index (χ2v) is 10.9. The zero-order chi connectivity index (χ0) is 28.5. The van der Waals surface area contributed by atoms with Crippen LogP contribution < -0.4 is 4.74 Å². The van der Waals surface area contributed by atoms with Gasteiger partial charge in [0.25, 0.3) is 0 Å². The fraction of sp³-hybridized carbons (Fsp3) is 0.355. The highest BCUT2D eigenvalue weighted by atomic mass is 19.1. The number of hydrogen-bond acceptors (Lipinski definition) is 7. The van der Waals surface area contributed by atoms with Crippen LogP contribution in [0.2, 0.25) is 0 Å². The van der Waals surface area contributed by atoms with Crippen molar-refractivity contribution in [1.29, 1.82) is 5.26 Å². The number of nitriles is 1. The van der Waals surface area contributed by atoms with E-state index in [9.17, 15) is 14.3 Å². The van der Waals surface area contributed by atoms with Crippen LogP contribution >= 0.6 is 0 Å². The smallest absolute Gasteiger partial charge is 0.354 e. The van der Waals surface area contributed by atoms with Crippen molar-refractivity contribution in [1.82, 2.24) is 24.5 Å². The van der Waals surface area contributed by atoms with Crippen molar-refractivity contribution in [2.75, 3.05) is 0 Å². The normalized spacial score (nSPS) is 16.8. The summed E-state index contributed by atoms with van der Waals surface area (Å²) in [5.41, 5.74) is 3.85. The molecule has 0 radical (unpaired) electrons. The lowest BCUT2D eigenvalue weighted by Crippen LogP contribution is -2.15. The molecule has 1 aromatic carbocycles. The minimum Gasteiger partial charge on any atom is -0.477 e. The van der Waals surface area contributed by atoms with E-state index in [1.165, 1.54) is 25.0 Å². The van der Waals surface area contributed by atoms with Crippen LogP contribution in [0, 0.1) is 35.9 Å². The lowest BCUT2D eigenvalue weighted by atomic mass is 9.87. The molecule has 208 valence electrons. The number of carboxylic acids is 1. The molecule has 10 heteroatoms. The third-order valence-electron chi connectivity index (χ3n) is 7.78. The lowest BCUT2D eigenvalue weighted by Gasteiger charge is -2.22. The van der Waals surface area contributed by atoms with E-state index in [2.05, 4.69) is 25.6 Å². The first-order valence-corrected chi connectivity index (χ1v) is 13.8. The minimum absolute atomic E-state index is 0.000625. The first-order chi connectivity index (χ1) is 19.9. The third-order valence-corrected chi connectivity index (χ3v) is 7.78. The number of allylic oxidation sites excluding steroid dienone is 2. The van der Waals surface area contributed by atoms with Gasteiger partial charge in [0.2, 0.25) is 5.88 Å². The van der Waals surface area contributed by atoms with Crippen LogP contribution in [-0.4, -0.2) is 35.6 Å². The summed E-state index contributed by atoms with van der Waals surface area (Å²) in [7, 11) is 0. The monoisotopic (exact) mass is 552 g/mol. The van der Waals surface area contributed by atoms with E-state index in [1.54, 1.807) is 24.4 Å². The molecule has 1 N–H and O–H groups in total. The fourth-order valence-corrected chi connectivity index (χ4v) is 5.22. The van der Waals surface area contributed by atoms with Gasteiger partial charge in [-0.05, 0) is 80.7 Å². The molecule has 1 fully saturated rings. The number of hydrogen-bond donors (Lipinski definition) is 1. The van der Waals surface area contributed by atoms with E-state index in [4.69, 9.17) is 15.0 Å². The molecule has 0 aliphatic heterocycles. The van der Waals surface area contributed by atoms with E-state index in [0.29, 0.717) is 34.8 Å². The molecule has 2 aliphatic rings. The summed E-state index contributed by atoms with van der Waals surface area (Å²) < 4.78 is 22.3. The molecule has 4 aromatic rings. The van der Waals surface area contributed by atoms with Crippen molar-refractivity contribution in [3.8, 4) is 11.9 Å². The number of imidazole rings is 1. The molecular weight excluding hydrogens is 523 g/mol. The van der Waals surface area contributed by atoms with Gasteiger partial charge in [-0.3, -0.25) is 0 Å². The standard InChI is InChI=1S/C31H29FN6O3/c1-18-15-34-28(37-30(18)41-17-23-9-6-21(14-33)12-24(23)32)22-7-4-19(5-8-22)13-27-35-25-10-11-26(31(39)40)36-29(25)38(27)16-20-2-3-20/h6-7,9-12,15,19-20H,2-5,8,13,16-17H2,1H3,(H,39,40). The maximum atomic E-state index is 14.3. The summed E-state index contributed by atoms with van der Waals surface area (Å²) in [5.74, 6) is 1.43. The van der Waals surface area contributed by atoms with Crippen LogP contribution in [0.1, 0.15) is 70.9 Å². The number of aromatic nitrogens is 5. The summed E-state index contributed by atoms with van der Waals surface area (Å²) in [4.78, 5) is 29.9. The Hall–Kier alpha value is -4.65. The highest BCUT2D eigenvalue weighted by Gasteiger charge is 2.27. The molecule has 3 aromatic heterocycles. The highest BCUT2D eigenvalue weighted by Crippen LogP contribution is 2.35. The van der Waals surface area contributed by atoms with Gasteiger partial charge < -0.3 is 14.4 Å². The number of aromatic carboxylic acids is 1. The molecule has 0 saturated heterocycles. The quantitative estimate of drug-likeness (QED) is 0.282. The molecule has 0 bridgehead atoms. The summed E-state index contributed by atoms with van der Waals surface area (Å²) in [6.07, 6.45) is 9.64. The van der Waals surface area contributed by atoms with Gasteiger partial charge in [-0.1, -0.05) is 12.1 Å².